The number of Topliss-reactive ketones (excluding diaryl/α,β-unsaturated/α-hetero) is 1. The Morgan fingerprint density at radius 2 is 1.20 bits per heavy atom. The predicted octanol–water partition coefficient (Wildman–Crippen LogP) is 6.33. The molecular weight excluding hydrogens is 739 g/mol. The zero-order chi connectivity index (χ0) is 38.6. The van der Waals surface area contributed by atoms with E-state index in [0.29, 0.717) is 34.0 Å². The molecule has 0 aliphatic heterocycles. The lowest BCUT2D eigenvalue weighted by atomic mass is 9.94. The quantitative estimate of drug-likeness (QED) is 0.0396. The number of nitrogens with one attached hydrogen (secondary N) is 3. The van der Waals surface area contributed by atoms with Gasteiger partial charge in [0, 0.05) is 33.8 Å². The maximum absolute atomic E-state index is 13.5. The molecule has 5 aromatic carbocycles. The minimum absolute atomic E-state index is 0.0497. The van der Waals surface area contributed by atoms with Crippen molar-refractivity contribution in [2.45, 2.75) is 4.90 Å². The first kappa shape index (κ1) is 36.9. The number of benzene rings is 5. The Labute approximate surface area is 307 Å². The highest BCUT2D eigenvalue weighted by atomic mass is 32.2. The van der Waals surface area contributed by atoms with Crippen LogP contribution >= 0.6 is 0 Å². The molecule has 2 amide bonds. The number of hydrogen-bond donors (Lipinski definition) is 6. The smallest absolute Gasteiger partial charge is 0.296 e. The summed E-state index contributed by atoms with van der Waals surface area (Å²) >= 11 is 0. The number of hydrazone groups is 1. The van der Waals surface area contributed by atoms with Crippen LogP contribution in [0.1, 0.15) is 36.6 Å². The van der Waals surface area contributed by atoms with E-state index in [9.17, 15) is 35.8 Å². The highest BCUT2D eigenvalue weighted by Crippen LogP contribution is 2.29. The zero-order valence-electron chi connectivity index (χ0n) is 27.5. The number of carbonyl (C=O) groups excluding carboxylic acids is 3. The van der Waals surface area contributed by atoms with Gasteiger partial charge in [0.15, 0.2) is 5.71 Å². The Morgan fingerprint density at radius 3 is 1.81 bits per heavy atom. The van der Waals surface area contributed by atoms with Gasteiger partial charge in [-0.15, -0.1) is 0 Å². The molecule has 0 heterocycles. The van der Waals surface area contributed by atoms with Crippen molar-refractivity contribution >= 4 is 83.7 Å². The highest BCUT2D eigenvalue weighted by molar-refractivity contribution is 7.91. The molecule has 18 heteroatoms. The van der Waals surface area contributed by atoms with Gasteiger partial charge in [-0.2, -0.15) is 32.2 Å². The lowest BCUT2D eigenvalue weighted by Gasteiger charge is -2.17. The molecule has 1 aliphatic rings. The van der Waals surface area contributed by atoms with Crippen molar-refractivity contribution in [1.82, 2.24) is 0 Å². The van der Waals surface area contributed by atoms with E-state index in [1.54, 1.807) is 36.4 Å². The van der Waals surface area contributed by atoms with E-state index < -0.39 is 48.5 Å². The third-order valence-corrected chi connectivity index (χ3v) is 9.44. The Morgan fingerprint density at radius 1 is 0.630 bits per heavy atom. The molecule has 0 unspecified atom stereocenters. The normalized spacial score (nSPS) is 13.6. The standard InChI is InChI=1S/C36H27N7O9S2/c37-24-6-4-21(5-7-24)35(45)38-28-3-1-2-22(18-28)36(46)39-29-14-17-31-23(19-29)20-32(54(50,51)52)33(34(31)44)43-42-26-10-8-25(9-11-26)40-41-27-12-15-30(16-13-27)53(47,48)49/h1-20,42H,37H2,(H,38,45)(H,39,46)(H,47,48,49)(H,50,51,52). The third-order valence-electron chi connectivity index (χ3n) is 7.70. The number of fused-ring (bicyclic) bond motifs is 1. The van der Waals surface area contributed by atoms with Crippen molar-refractivity contribution in [3.05, 3.63) is 142 Å². The van der Waals surface area contributed by atoms with E-state index in [4.69, 9.17) is 10.3 Å². The number of allylic oxidation sites excluding steroid dienone is 1. The molecule has 0 saturated heterocycles. The Hall–Kier alpha value is -6.86. The summed E-state index contributed by atoms with van der Waals surface area (Å²) in [6.45, 7) is 0. The number of nitrogens with zero attached hydrogens (tertiary/aromatic N) is 3. The summed E-state index contributed by atoms with van der Waals surface area (Å²) in [7, 11) is -9.30. The second-order valence-electron chi connectivity index (χ2n) is 11.5. The van der Waals surface area contributed by atoms with Crippen LogP contribution in [0.15, 0.2) is 140 Å². The fraction of sp³-hybridized carbons (Fsp3) is 0. The van der Waals surface area contributed by atoms with Crippen LogP contribution in [0.2, 0.25) is 0 Å². The first-order chi connectivity index (χ1) is 25.6. The van der Waals surface area contributed by atoms with Crippen LogP contribution in [0.25, 0.3) is 6.08 Å². The van der Waals surface area contributed by atoms with Crippen LogP contribution in [-0.4, -0.2) is 49.3 Å². The summed E-state index contributed by atoms with van der Waals surface area (Å²) in [4.78, 5) is 38.1. The molecule has 0 atom stereocenters. The number of hydrogen-bond acceptors (Lipinski definition) is 12. The monoisotopic (exact) mass is 765 g/mol. The van der Waals surface area contributed by atoms with E-state index in [2.05, 4.69) is 31.4 Å². The van der Waals surface area contributed by atoms with Gasteiger partial charge in [-0.25, -0.2) is 0 Å². The van der Waals surface area contributed by atoms with Crippen molar-refractivity contribution in [3.63, 3.8) is 0 Å². The van der Waals surface area contributed by atoms with Gasteiger partial charge in [0.2, 0.25) is 5.78 Å². The second kappa shape index (κ2) is 15.0. The molecule has 5 aromatic rings. The molecule has 272 valence electrons. The molecule has 0 aromatic heterocycles. The minimum Gasteiger partial charge on any atom is -0.399 e. The van der Waals surface area contributed by atoms with Crippen molar-refractivity contribution in [2.24, 2.45) is 15.3 Å². The van der Waals surface area contributed by atoms with Crippen molar-refractivity contribution in [2.75, 3.05) is 21.8 Å². The molecule has 0 bridgehead atoms. The molecule has 0 radical (unpaired) electrons. The number of anilines is 4. The van der Waals surface area contributed by atoms with Crippen molar-refractivity contribution in [1.29, 1.82) is 0 Å². The van der Waals surface area contributed by atoms with Crippen LogP contribution in [-0.2, 0) is 20.2 Å². The number of ketones is 1. The number of amides is 2. The van der Waals surface area contributed by atoms with Crippen LogP contribution < -0.4 is 21.8 Å². The molecule has 6 rings (SSSR count). The van der Waals surface area contributed by atoms with Gasteiger partial charge in [0.25, 0.3) is 32.1 Å². The fourth-order valence-corrected chi connectivity index (χ4v) is 6.16. The van der Waals surface area contributed by atoms with E-state index >= 15 is 0 Å². The number of nitrogens with two attached hydrogens (primary N) is 1. The molecule has 0 spiro atoms. The van der Waals surface area contributed by atoms with Gasteiger partial charge < -0.3 is 16.4 Å². The van der Waals surface area contributed by atoms with Crippen molar-refractivity contribution < 1.29 is 40.3 Å². The highest BCUT2D eigenvalue weighted by Gasteiger charge is 2.33. The van der Waals surface area contributed by atoms with E-state index in [-0.39, 0.29) is 27.3 Å². The topological polar surface area (TPSA) is 259 Å². The SMILES string of the molecule is Nc1ccc(C(=O)Nc2cccc(C(=O)Nc3ccc4c(c3)C=C(S(=O)(=O)O)C(=NNc3ccc(N=Nc5ccc(S(=O)(=O)O)cc5)cc3)C4=O)c2)cc1. The molecule has 1 aliphatic carbocycles. The summed E-state index contributed by atoms with van der Waals surface area (Å²) in [5.41, 5.74) is 10.5. The summed E-state index contributed by atoms with van der Waals surface area (Å²) < 4.78 is 66.3. The molecule has 0 fully saturated rings. The van der Waals surface area contributed by atoms with Gasteiger partial charge in [-0.05, 0) is 121 Å². The zero-order valence-corrected chi connectivity index (χ0v) is 29.2. The molecular formula is C36H27N7O9S2. The number of rotatable bonds is 10. The molecule has 0 saturated carbocycles. The van der Waals surface area contributed by atoms with Gasteiger partial charge in [-0.3, -0.25) is 28.9 Å². The second-order valence-corrected chi connectivity index (χ2v) is 14.3. The summed E-state index contributed by atoms with van der Waals surface area (Å²) in [6, 6.07) is 27.8. The summed E-state index contributed by atoms with van der Waals surface area (Å²) in [5.74, 6) is -1.79. The predicted molar refractivity (Wildman–Crippen MR) is 201 cm³/mol. The van der Waals surface area contributed by atoms with Crippen LogP contribution in [0.5, 0.6) is 0 Å². The number of azo groups is 1. The van der Waals surface area contributed by atoms with E-state index in [1.807, 2.05) is 0 Å². The maximum Gasteiger partial charge on any atom is 0.296 e. The molecule has 16 nitrogen and oxygen atoms in total. The van der Waals surface area contributed by atoms with Gasteiger partial charge >= 0.3 is 0 Å². The molecule has 54 heavy (non-hydrogen) atoms. The third kappa shape index (κ3) is 8.77. The number of carbonyl (C=O) groups is 3. The summed E-state index contributed by atoms with van der Waals surface area (Å²) in [5, 5.41) is 17.4. The van der Waals surface area contributed by atoms with Crippen LogP contribution in [0, 0.1) is 0 Å². The van der Waals surface area contributed by atoms with Crippen LogP contribution in [0.4, 0.5) is 34.1 Å². The van der Waals surface area contributed by atoms with Crippen LogP contribution in [0.3, 0.4) is 0 Å². The first-order valence-corrected chi connectivity index (χ1v) is 18.4. The van der Waals surface area contributed by atoms with Crippen molar-refractivity contribution in [3.8, 4) is 0 Å². The first-order valence-electron chi connectivity index (χ1n) is 15.5. The summed E-state index contributed by atoms with van der Waals surface area (Å²) in [6.07, 6.45) is 1.06. The van der Waals surface area contributed by atoms with E-state index in [0.717, 1.165) is 6.08 Å². The Balaban J connectivity index is 1.15. The lowest BCUT2D eigenvalue weighted by Crippen LogP contribution is -2.27. The lowest BCUT2D eigenvalue weighted by molar-refractivity contribution is 0.101. The average Bonchev–Trinajstić information content (AvgIpc) is 3.13. The number of nitrogen functional groups attached to an aromatic ring is 1. The largest absolute Gasteiger partial charge is 0.399 e. The minimum atomic E-state index is -4.96. The fourth-order valence-electron chi connectivity index (χ4n) is 5.02. The maximum atomic E-state index is 13.5. The molecule has 7 N–H and O–H groups in total. The Bertz CT molecular complexity index is 2620. The van der Waals surface area contributed by atoms with Gasteiger partial charge in [0.05, 0.1) is 22.0 Å². The van der Waals surface area contributed by atoms with Gasteiger partial charge in [0.1, 0.15) is 4.91 Å². The Kier molecular flexibility index (Phi) is 10.3. The average molecular weight is 766 g/mol. The van der Waals surface area contributed by atoms with E-state index in [1.165, 1.54) is 78.9 Å². The van der Waals surface area contributed by atoms with Gasteiger partial charge in [-0.1, -0.05) is 6.07 Å².